The minimum Gasteiger partial charge on any atom is -0.495 e. The number of sulfonamides is 1. The summed E-state index contributed by atoms with van der Waals surface area (Å²) in [6.07, 6.45) is 3.61. The molecule has 1 saturated heterocycles. The van der Waals surface area contributed by atoms with Crippen LogP contribution in [0.15, 0.2) is 41.3 Å². The van der Waals surface area contributed by atoms with Crippen molar-refractivity contribution in [2.24, 2.45) is 0 Å². The van der Waals surface area contributed by atoms with Crippen LogP contribution in [0.25, 0.3) is 0 Å². The van der Waals surface area contributed by atoms with Crippen molar-refractivity contribution in [3.8, 4) is 5.75 Å². The molecule has 0 radical (unpaired) electrons. The van der Waals surface area contributed by atoms with E-state index in [1.165, 1.54) is 41.7 Å². The second-order valence-electron chi connectivity index (χ2n) is 7.10. The fourth-order valence-electron chi connectivity index (χ4n) is 3.36. The van der Waals surface area contributed by atoms with Crippen LogP contribution >= 0.6 is 0 Å². The van der Waals surface area contributed by atoms with Gasteiger partial charge in [0.1, 0.15) is 16.5 Å². The Morgan fingerprint density at radius 3 is 2.41 bits per heavy atom. The van der Waals surface area contributed by atoms with E-state index in [0.29, 0.717) is 24.3 Å². The summed E-state index contributed by atoms with van der Waals surface area (Å²) < 4.78 is 46.6. The topological polar surface area (TPSA) is 75.7 Å². The number of halogens is 1. The first-order valence-electron chi connectivity index (χ1n) is 9.58. The fraction of sp³-hybridized carbons (Fsp3) is 0.381. The summed E-state index contributed by atoms with van der Waals surface area (Å²) in [7, 11) is -2.41. The van der Waals surface area contributed by atoms with Gasteiger partial charge in [-0.05, 0) is 55.7 Å². The number of methoxy groups -OCH3 is 1. The van der Waals surface area contributed by atoms with Gasteiger partial charge in [-0.25, -0.2) is 12.8 Å². The van der Waals surface area contributed by atoms with Gasteiger partial charge < -0.3 is 10.1 Å². The molecule has 2 aromatic rings. The van der Waals surface area contributed by atoms with E-state index >= 15 is 0 Å². The minimum atomic E-state index is -3.80. The summed E-state index contributed by atoms with van der Waals surface area (Å²) in [4.78, 5) is 12.7. The molecule has 1 fully saturated rings. The Morgan fingerprint density at radius 2 is 1.76 bits per heavy atom. The predicted molar refractivity (Wildman–Crippen MR) is 109 cm³/mol. The Bertz CT molecular complexity index is 1000. The van der Waals surface area contributed by atoms with Crippen LogP contribution < -0.4 is 10.1 Å². The smallest absolute Gasteiger partial charge is 0.255 e. The monoisotopic (exact) mass is 420 g/mol. The molecular formula is C21H25FN2O4S. The molecule has 156 valence electrons. The van der Waals surface area contributed by atoms with Crippen molar-refractivity contribution in [2.75, 3.05) is 25.5 Å². The van der Waals surface area contributed by atoms with Gasteiger partial charge in [0.15, 0.2) is 0 Å². The molecule has 0 aliphatic carbocycles. The highest BCUT2D eigenvalue weighted by atomic mass is 32.2. The zero-order valence-corrected chi connectivity index (χ0v) is 17.4. The standard InChI is InChI=1S/C21H25FN2O4S/c1-15-7-9-17(22)14-18(15)23-21(25)16-8-10-19(28-2)20(13-16)29(26,27)24-11-5-3-4-6-12-24/h7-10,13-14H,3-6,11-12H2,1-2H3,(H,23,25). The van der Waals surface area contributed by atoms with Gasteiger partial charge in [0.25, 0.3) is 5.91 Å². The van der Waals surface area contributed by atoms with Crippen molar-refractivity contribution in [2.45, 2.75) is 37.5 Å². The van der Waals surface area contributed by atoms with Gasteiger partial charge in [-0.15, -0.1) is 0 Å². The average molecular weight is 421 g/mol. The van der Waals surface area contributed by atoms with E-state index in [0.717, 1.165) is 25.7 Å². The third kappa shape index (κ3) is 4.76. The molecule has 0 unspecified atom stereocenters. The molecule has 1 amide bonds. The molecule has 29 heavy (non-hydrogen) atoms. The molecule has 0 spiro atoms. The highest BCUT2D eigenvalue weighted by molar-refractivity contribution is 7.89. The number of carbonyl (C=O) groups is 1. The lowest BCUT2D eigenvalue weighted by Crippen LogP contribution is -2.32. The molecular weight excluding hydrogens is 395 g/mol. The summed E-state index contributed by atoms with van der Waals surface area (Å²) in [6.45, 7) is 2.65. The lowest BCUT2D eigenvalue weighted by Gasteiger charge is -2.21. The van der Waals surface area contributed by atoms with Crippen LogP contribution in [0.5, 0.6) is 5.75 Å². The second kappa shape index (κ2) is 8.92. The normalized spacial score (nSPS) is 15.6. The van der Waals surface area contributed by atoms with Crippen LogP contribution in [0, 0.1) is 12.7 Å². The number of rotatable bonds is 5. The number of hydrogen-bond acceptors (Lipinski definition) is 4. The Labute approximate surface area is 170 Å². The quantitative estimate of drug-likeness (QED) is 0.794. The number of nitrogens with zero attached hydrogens (tertiary/aromatic N) is 1. The van der Waals surface area contributed by atoms with Crippen molar-refractivity contribution < 1.29 is 22.3 Å². The molecule has 1 aliphatic heterocycles. The van der Waals surface area contributed by atoms with E-state index in [4.69, 9.17) is 4.74 Å². The lowest BCUT2D eigenvalue weighted by molar-refractivity contribution is 0.102. The molecule has 0 saturated carbocycles. The van der Waals surface area contributed by atoms with Crippen LogP contribution in [-0.2, 0) is 10.0 Å². The summed E-state index contributed by atoms with van der Waals surface area (Å²) >= 11 is 0. The van der Waals surface area contributed by atoms with Crippen LogP contribution in [0.4, 0.5) is 10.1 Å². The molecule has 0 atom stereocenters. The highest BCUT2D eigenvalue weighted by Crippen LogP contribution is 2.30. The molecule has 1 heterocycles. The van der Waals surface area contributed by atoms with E-state index in [1.807, 2.05) is 0 Å². The lowest BCUT2D eigenvalue weighted by atomic mass is 10.1. The summed E-state index contributed by atoms with van der Waals surface area (Å²) in [5, 5.41) is 2.64. The maximum absolute atomic E-state index is 13.5. The molecule has 0 aromatic heterocycles. The third-order valence-electron chi connectivity index (χ3n) is 5.06. The number of amides is 1. The van der Waals surface area contributed by atoms with Gasteiger partial charge >= 0.3 is 0 Å². The number of nitrogens with one attached hydrogen (secondary N) is 1. The number of anilines is 1. The molecule has 3 rings (SSSR count). The van der Waals surface area contributed by atoms with Gasteiger partial charge in [0.05, 0.1) is 7.11 Å². The molecule has 0 bridgehead atoms. The Kier molecular flexibility index (Phi) is 6.54. The van der Waals surface area contributed by atoms with Crippen LogP contribution in [0.3, 0.4) is 0 Å². The Balaban J connectivity index is 1.94. The minimum absolute atomic E-state index is 0.0366. The molecule has 8 heteroatoms. The predicted octanol–water partition coefficient (Wildman–Crippen LogP) is 3.96. The molecule has 2 aromatic carbocycles. The zero-order chi connectivity index (χ0) is 21.0. The van der Waals surface area contributed by atoms with E-state index in [2.05, 4.69) is 5.32 Å². The highest BCUT2D eigenvalue weighted by Gasteiger charge is 2.29. The van der Waals surface area contributed by atoms with Crippen molar-refractivity contribution >= 4 is 21.6 Å². The van der Waals surface area contributed by atoms with Gasteiger partial charge in [0, 0.05) is 24.3 Å². The molecule has 6 nitrogen and oxygen atoms in total. The third-order valence-corrected chi connectivity index (χ3v) is 6.98. The molecule has 1 aliphatic rings. The van der Waals surface area contributed by atoms with E-state index < -0.39 is 21.7 Å². The molecule has 1 N–H and O–H groups in total. The average Bonchev–Trinajstić information content (AvgIpc) is 3.00. The first-order chi connectivity index (χ1) is 13.8. The summed E-state index contributed by atoms with van der Waals surface area (Å²) in [5.74, 6) is -0.800. The van der Waals surface area contributed by atoms with Crippen molar-refractivity contribution in [1.82, 2.24) is 4.31 Å². The summed E-state index contributed by atoms with van der Waals surface area (Å²) in [5.41, 5.74) is 1.19. The largest absolute Gasteiger partial charge is 0.495 e. The maximum atomic E-state index is 13.5. The van der Waals surface area contributed by atoms with Crippen molar-refractivity contribution in [3.05, 3.63) is 53.3 Å². The SMILES string of the molecule is COc1ccc(C(=O)Nc2cc(F)ccc2C)cc1S(=O)(=O)N1CCCCCC1. The van der Waals surface area contributed by atoms with E-state index in [9.17, 15) is 17.6 Å². The van der Waals surface area contributed by atoms with Gasteiger partial charge in [-0.3, -0.25) is 4.79 Å². The first-order valence-corrected chi connectivity index (χ1v) is 11.0. The van der Waals surface area contributed by atoms with Crippen molar-refractivity contribution in [1.29, 1.82) is 0 Å². The maximum Gasteiger partial charge on any atom is 0.255 e. The van der Waals surface area contributed by atoms with Crippen LogP contribution in [0.2, 0.25) is 0 Å². The number of hydrogen-bond donors (Lipinski definition) is 1. The van der Waals surface area contributed by atoms with Gasteiger partial charge in [-0.1, -0.05) is 18.9 Å². The zero-order valence-electron chi connectivity index (χ0n) is 16.6. The number of ether oxygens (including phenoxy) is 1. The van der Waals surface area contributed by atoms with E-state index in [1.54, 1.807) is 13.0 Å². The van der Waals surface area contributed by atoms with Crippen LogP contribution in [-0.4, -0.2) is 38.8 Å². The number of benzene rings is 2. The Hall–Kier alpha value is -2.45. The van der Waals surface area contributed by atoms with Gasteiger partial charge in [-0.2, -0.15) is 4.31 Å². The number of aryl methyl sites for hydroxylation is 1. The second-order valence-corrected chi connectivity index (χ2v) is 9.00. The van der Waals surface area contributed by atoms with Crippen molar-refractivity contribution in [3.63, 3.8) is 0 Å². The van der Waals surface area contributed by atoms with E-state index in [-0.39, 0.29) is 16.2 Å². The van der Waals surface area contributed by atoms with Crippen LogP contribution in [0.1, 0.15) is 41.6 Å². The first kappa shape index (κ1) is 21.3. The number of carbonyl (C=O) groups excluding carboxylic acids is 1. The summed E-state index contributed by atoms with van der Waals surface area (Å²) in [6, 6.07) is 8.38. The fourth-order valence-corrected chi connectivity index (χ4v) is 5.06. The Morgan fingerprint density at radius 1 is 1.07 bits per heavy atom. The van der Waals surface area contributed by atoms with Gasteiger partial charge in [0.2, 0.25) is 10.0 Å².